The van der Waals surface area contributed by atoms with E-state index < -0.39 is 0 Å². The number of rotatable bonds is 4. The van der Waals surface area contributed by atoms with Crippen LogP contribution in [0.3, 0.4) is 0 Å². The summed E-state index contributed by atoms with van der Waals surface area (Å²) in [5, 5.41) is 10.4. The average Bonchev–Trinajstić information content (AvgIpc) is 3.03. The number of hydrogen-bond acceptors (Lipinski definition) is 5. The number of nitrogens with zero attached hydrogens (tertiary/aromatic N) is 2. The molecule has 7 heteroatoms. The molecule has 114 valence electrons. The van der Waals surface area contributed by atoms with Crippen LogP contribution < -0.4 is 10.1 Å². The molecule has 2 N–H and O–H groups in total. The van der Waals surface area contributed by atoms with Gasteiger partial charge in [0.05, 0.1) is 29.4 Å². The Morgan fingerprint density at radius 2 is 2.23 bits per heavy atom. The fourth-order valence-electron chi connectivity index (χ4n) is 2.24. The minimum absolute atomic E-state index is 0.0985. The van der Waals surface area contributed by atoms with Gasteiger partial charge in [0.2, 0.25) is 5.91 Å². The third-order valence-corrected chi connectivity index (χ3v) is 4.39. The molecule has 0 radical (unpaired) electrons. The number of aromatic nitrogens is 3. The fourth-order valence-corrected chi connectivity index (χ4v) is 3.15. The smallest absolute Gasteiger partial charge is 0.230 e. The maximum atomic E-state index is 12.2. The lowest BCUT2D eigenvalue weighted by atomic mass is 10.1. The molecule has 0 fully saturated rings. The predicted octanol–water partition coefficient (Wildman–Crippen LogP) is 2.83. The van der Waals surface area contributed by atoms with Gasteiger partial charge in [-0.05, 0) is 32.0 Å². The summed E-state index contributed by atoms with van der Waals surface area (Å²) < 4.78 is 6.17. The lowest BCUT2D eigenvalue weighted by molar-refractivity contribution is -0.115. The van der Waals surface area contributed by atoms with Crippen molar-refractivity contribution in [3.63, 3.8) is 0 Å². The number of H-pyrrole nitrogens is 1. The largest absolute Gasteiger partial charge is 0.497 e. The Balaban J connectivity index is 1.76. The Labute approximate surface area is 131 Å². The first-order valence-electron chi connectivity index (χ1n) is 6.81. The highest BCUT2D eigenvalue weighted by Crippen LogP contribution is 2.29. The summed E-state index contributed by atoms with van der Waals surface area (Å²) in [5.74, 6) is 0.678. The second kappa shape index (κ2) is 5.76. The number of nitrogens with one attached hydrogen (secondary N) is 2. The van der Waals surface area contributed by atoms with Crippen LogP contribution >= 0.6 is 11.3 Å². The van der Waals surface area contributed by atoms with E-state index >= 15 is 0 Å². The molecule has 0 bridgehead atoms. The van der Waals surface area contributed by atoms with Crippen molar-refractivity contribution in [1.82, 2.24) is 15.2 Å². The van der Waals surface area contributed by atoms with Gasteiger partial charge in [-0.2, -0.15) is 5.10 Å². The molecule has 0 aliphatic carbocycles. The van der Waals surface area contributed by atoms with Crippen molar-refractivity contribution < 1.29 is 9.53 Å². The summed E-state index contributed by atoms with van der Waals surface area (Å²) in [5.41, 5.74) is 3.54. The third kappa shape index (κ3) is 2.80. The quantitative estimate of drug-likeness (QED) is 0.775. The first-order valence-corrected chi connectivity index (χ1v) is 7.63. The lowest BCUT2D eigenvalue weighted by Gasteiger charge is -2.01. The van der Waals surface area contributed by atoms with Crippen LogP contribution in [0, 0.1) is 13.8 Å². The number of thiazole rings is 1. The van der Waals surface area contributed by atoms with Crippen molar-refractivity contribution in [2.24, 2.45) is 0 Å². The highest BCUT2D eigenvalue weighted by molar-refractivity contribution is 7.22. The van der Waals surface area contributed by atoms with E-state index in [1.165, 1.54) is 11.3 Å². The number of aryl methyl sites for hydroxylation is 2. The summed E-state index contributed by atoms with van der Waals surface area (Å²) in [7, 11) is 1.63. The Kier molecular flexibility index (Phi) is 3.81. The molecule has 0 spiro atoms. The van der Waals surface area contributed by atoms with Crippen LogP contribution in [0.4, 0.5) is 5.13 Å². The average molecular weight is 316 g/mol. The van der Waals surface area contributed by atoms with Gasteiger partial charge in [-0.1, -0.05) is 11.3 Å². The first-order chi connectivity index (χ1) is 10.6. The van der Waals surface area contributed by atoms with Crippen molar-refractivity contribution >= 4 is 32.6 Å². The van der Waals surface area contributed by atoms with Gasteiger partial charge in [0.15, 0.2) is 5.13 Å². The molecule has 0 aliphatic rings. The molecule has 1 amide bonds. The minimum Gasteiger partial charge on any atom is -0.497 e. The SMILES string of the molecule is COc1ccc2nc(NC(=O)Cc3c(C)n[nH]c3C)sc2c1. The van der Waals surface area contributed by atoms with Gasteiger partial charge in [0.1, 0.15) is 5.75 Å². The number of carbonyl (C=O) groups is 1. The maximum Gasteiger partial charge on any atom is 0.230 e. The van der Waals surface area contributed by atoms with Crippen molar-refractivity contribution in [3.05, 3.63) is 35.2 Å². The van der Waals surface area contributed by atoms with Gasteiger partial charge in [0, 0.05) is 11.3 Å². The van der Waals surface area contributed by atoms with E-state index in [-0.39, 0.29) is 12.3 Å². The summed E-state index contributed by atoms with van der Waals surface area (Å²) in [6, 6.07) is 5.64. The van der Waals surface area contributed by atoms with E-state index in [1.54, 1.807) is 7.11 Å². The number of aromatic amines is 1. The summed E-state index contributed by atoms with van der Waals surface area (Å²) in [6.07, 6.45) is 0.285. The molecule has 3 aromatic rings. The number of hydrogen-bond donors (Lipinski definition) is 2. The van der Waals surface area contributed by atoms with Gasteiger partial charge >= 0.3 is 0 Å². The van der Waals surface area contributed by atoms with E-state index in [0.717, 1.165) is 32.9 Å². The molecule has 0 aliphatic heterocycles. The molecule has 2 heterocycles. The fraction of sp³-hybridized carbons (Fsp3) is 0.267. The summed E-state index contributed by atoms with van der Waals surface area (Å²) in [4.78, 5) is 16.6. The second-order valence-electron chi connectivity index (χ2n) is 4.99. The Bertz CT molecular complexity index is 818. The minimum atomic E-state index is -0.0985. The van der Waals surface area contributed by atoms with E-state index in [0.29, 0.717) is 5.13 Å². The van der Waals surface area contributed by atoms with Gasteiger partial charge in [0.25, 0.3) is 0 Å². The molecule has 3 rings (SSSR count). The first kappa shape index (κ1) is 14.5. The maximum absolute atomic E-state index is 12.2. The molecule has 0 saturated carbocycles. The normalized spacial score (nSPS) is 10.9. The number of amides is 1. The number of fused-ring (bicyclic) bond motifs is 1. The zero-order valence-electron chi connectivity index (χ0n) is 12.6. The van der Waals surface area contributed by atoms with Crippen molar-refractivity contribution in [2.75, 3.05) is 12.4 Å². The molecule has 6 nitrogen and oxygen atoms in total. The van der Waals surface area contributed by atoms with Gasteiger partial charge in [-0.25, -0.2) is 4.98 Å². The highest BCUT2D eigenvalue weighted by Gasteiger charge is 2.13. The number of ether oxygens (including phenoxy) is 1. The zero-order chi connectivity index (χ0) is 15.7. The Morgan fingerprint density at radius 1 is 1.41 bits per heavy atom. The van der Waals surface area contributed by atoms with Gasteiger partial charge < -0.3 is 10.1 Å². The summed E-state index contributed by atoms with van der Waals surface area (Å²) in [6.45, 7) is 3.79. The van der Waals surface area contributed by atoms with E-state index in [9.17, 15) is 4.79 Å². The van der Waals surface area contributed by atoms with Crippen LogP contribution in [-0.2, 0) is 11.2 Å². The molecule has 22 heavy (non-hydrogen) atoms. The Morgan fingerprint density at radius 3 is 2.91 bits per heavy atom. The van der Waals surface area contributed by atoms with Gasteiger partial charge in [-0.15, -0.1) is 0 Å². The Hall–Kier alpha value is -2.41. The molecule has 0 unspecified atom stereocenters. The molecule has 0 saturated heterocycles. The second-order valence-corrected chi connectivity index (χ2v) is 6.02. The van der Waals surface area contributed by atoms with Crippen LogP contribution in [0.15, 0.2) is 18.2 Å². The number of methoxy groups -OCH3 is 1. The number of anilines is 1. The van der Waals surface area contributed by atoms with Crippen molar-refractivity contribution in [2.45, 2.75) is 20.3 Å². The van der Waals surface area contributed by atoms with Crippen molar-refractivity contribution in [3.8, 4) is 5.75 Å². The molecule has 1 aromatic carbocycles. The van der Waals surface area contributed by atoms with Crippen LogP contribution in [-0.4, -0.2) is 28.2 Å². The molecule has 2 aromatic heterocycles. The molecular weight excluding hydrogens is 300 g/mol. The van der Waals surface area contributed by atoms with Crippen LogP contribution in [0.25, 0.3) is 10.2 Å². The monoisotopic (exact) mass is 316 g/mol. The molecular formula is C15H16N4O2S. The van der Waals surface area contributed by atoms with E-state index in [2.05, 4.69) is 20.5 Å². The van der Waals surface area contributed by atoms with Crippen molar-refractivity contribution in [1.29, 1.82) is 0 Å². The highest BCUT2D eigenvalue weighted by atomic mass is 32.1. The predicted molar refractivity (Wildman–Crippen MR) is 86.6 cm³/mol. The van der Waals surface area contributed by atoms with Crippen LogP contribution in [0.1, 0.15) is 17.0 Å². The number of benzene rings is 1. The zero-order valence-corrected chi connectivity index (χ0v) is 13.4. The lowest BCUT2D eigenvalue weighted by Crippen LogP contribution is -2.15. The van der Waals surface area contributed by atoms with Crippen LogP contribution in [0.5, 0.6) is 5.75 Å². The standard InChI is InChI=1S/C15H16N4O2S/c1-8-11(9(2)19-18-8)7-14(20)17-15-16-12-5-4-10(21-3)6-13(12)22-15/h4-6H,7H2,1-3H3,(H,18,19)(H,16,17,20). The number of carbonyl (C=O) groups excluding carboxylic acids is 1. The summed E-state index contributed by atoms with van der Waals surface area (Å²) >= 11 is 1.43. The molecule has 0 atom stereocenters. The van der Waals surface area contributed by atoms with E-state index in [1.807, 2.05) is 32.0 Å². The van der Waals surface area contributed by atoms with Gasteiger partial charge in [-0.3, -0.25) is 9.89 Å². The van der Waals surface area contributed by atoms with E-state index in [4.69, 9.17) is 4.74 Å². The third-order valence-electron chi connectivity index (χ3n) is 3.46. The van der Waals surface area contributed by atoms with Crippen LogP contribution in [0.2, 0.25) is 0 Å². The topological polar surface area (TPSA) is 79.9 Å².